The fourth-order valence-electron chi connectivity index (χ4n) is 15.8. The summed E-state index contributed by atoms with van der Waals surface area (Å²) in [6.07, 6.45) is -0.382. The Labute approximate surface area is 714 Å². The lowest BCUT2D eigenvalue weighted by Gasteiger charge is -2.26. The van der Waals surface area contributed by atoms with E-state index in [4.69, 9.17) is 15.0 Å². The quantitative estimate of drug-likeness (QED) is 0.0144. The summed E-state index contributed by atoms with van der Waals surface area (Å²) in [5, 5.41) is 25.2. The van der Waals surface area contributed by atoms with E-state index in [1.165, 1.54) is 104 Å². The van der Waals surface area contributed by atoms with Crippen molar-refractivity contribution < 1.29 is 71.1 Å². The maximum Gasteiger partial charge on any atom is 0.296 e. The molecule has 0 spiro atoms. The molecule has 126 heavy (non-hydrogen) atoms. The summed E-state index contributed by atoms with van der Waals surface area (Å²) in [6.45, 7) is -0.0765. The highest BCUT2D eigenvalue weighted by molar-refractivity contribution is 7.86. The minimum Gasteiger partial charge on any atom is -0.355 e. The number of carbonyl (C=O) groups excluding carboxylic acids is 4. The van der Waals surface area contributed by atoms with Crippen molar-refractivity contribution in [3.8, 4) is 22.3 Å². The standard InChI is InChI=1S/C89H63N15O18S4/c1-103-66-33-31-63(73-75(66)71(59-19-8-10-21-61(59)81(73)107)77(83(103)109)79(105)47-14-4-3-5-15-47)92-53-28-35-68(125(117,118)119)52(41-53)44-70-97-85(99-87(98-70)93-54-26-23-46-13-6-7-16-48(46)39-54)90-37-38-91-86-100-88(94-55-27-24-50-42-58(124(114,115)116)30-25-49(50)40-55)102-89(101-86)95-56-29-36-69(126(120,121)122)65(45-56)96-64-32-34-67-76-72(60-20-9-11-22-62(60)82(108)74(64)76)78(84(110)104(67)2)80(106)51-17-12-18-57(43-51)123(111,112)113/h3-36,39-43,45,92,96H,37-38,44H2,1-2H3,(H,111,112,113)(H,114,115,116)(H,117,118,119)(H,120,121,122)(H2,90,93,97,98,99)(H3,91,94,95,100,101,102). The Morgan fingerprint density at radius 3 is 1.33 bits per heavy atom. The average molecular weight is 1760 g/mol. The molecule has 4 heterocycles. The van der Waals surface area contributed by atoms with Crippen molar-refractivity contribution in [3.63, 3.8) is 0 Å². The number of hydrogen-bond donors (Lipinski definition) is 11. The van der Waals surface area contributed by atoms with Crippen LogP contribution in [0.25, 0.3) is 65.6 Å². The SMILES string of the molecule is Cn1c(=O)c(C(=O)c2ccccc2)c2c3c(c(Nc4ccc(S(=O)(=O)O)c(Cc5nc(NCCNc6nc(Nc7ccc(S(=O)(=O)O)c(Nc8ccc9c%10c8C(=O)c8ccccc8-c%10c(C(=O)c8cccc(S(=O)(=O)O)c8)c(=O)n9C)c7)nc(Nc7ccc8cc(S(=O)(=O)O)ccc8c7)n6)nc(Nc6ccc7ccccc7c6)n5)c4)ccc31)C(=O)c1ccccc1-2. The van der Waals surface area contributed by atoms with Gasteiger partial charge in [0, 0.05) is 101 Å². The van der Waals surface area contributed by atoms with Crippen LogP contribution in [0.1, 0.15) is 75.1 Å². The molecule has 0 aliphatic heterocycles. The van der Waals surface area contributed by atoms with E-state index >= 15 is 4.79 Å². The van der Waals surface area contributed by atoms with E-state index in [1.807, 2.05) is 36.4 Å². The molecule has 0 fully saturated rings. The van der Waals surface area contributed by atoms with Crippen molar-refractivity contribution >= 4 is 177 Å². The molecule has 0 amide bonds. The molecule has 12 aromatic carbocycles. The van der Waals surface area contributed by atoms with E-state index in [2.05, 4.69) is 52.2 Å². The minimum absolute atomic E-state index is 0.0145. The van der Waals surface area contributed by atoms with Crippen LogP contribution in [0.15, 0.2) is 272 Å². The Hall–Kier alpha value is -15.5. The molecular formula is C89H63N15O18S4. The van der Waals surface area contributed by atoms with Gasteiger partial charge in [-0.2, -0.15) is 63.6 Å². The molecule has 37 heteroatoms. The van der Waals surface area contributed by atoms with E-state index in [1.54, 1.807) is 103 Å². The van der Waals surface area contributed by atoms with Crippen molar-refractivity contribution in [1.29, 1.82) is 0 Å². The van der Waals surface area contributed by atoms with Crippen LogP contribution in [0.2, 0.25) is 0 Å². The Balaban J connectivity index is 0.676. The van der Waals surface area contributed by atoms with Crippen molar-refractivity contribution in [3.05, 3.63) is 319 Å². The van der Waals surface area contributed by atoms with Gasteiger partial charge in [0.2, 0.25) is 29.7 Å². The first-order chi connectivity index (χ1) is 60.3. The molecule has 2 aliphatic rings. The number of nitrogens with one attached hydrogen (secondary N) is 7. The maximum absolute atomic E-state index is 15.1. The Kier molecular flexibility index (Phi) is 20.3. The molecule has 0 saturated heterocycles. The number of nitrogens with zero attached hydrogens (tertiary/aromatic N) is 8. The van der Waals surface area contributed by atoms with E-state index in [0.29, 0.717) is 38.6 Å². The molecule has 4 aromatic heterocycles. The minimum atomic E-state index is -5.14. The monoisotopic (exact) mass is 1760 g/mol. The second kappa shape index (κ2) is 31.4. The summed E-state index contributed by atoms with van der Waals surface area (Å²) in [5.41, 5.74) is 0.378. The third-order valence-corrected chi connectivity index (χ3v) is 25.0. The number of aromatic nitrogens is 8. The van der Waals surface area contributed by atoms with E-state index in [-0.39, 0.29) is 161 Å². The van der Waals surface area contributed by atoms with Gasteiger partial charge in [0.15, 0.2) is 23.1 Å². The molecule has 16 aromatic rings. The van der Waals surface area contributed by atoms with Gasteiger partial charge >= 0.3 is 0 Å². The number of pyridine rings is 2. The molecule has 11 N–H and O–H groups in total. The van der Waals surface area contributed by atoms with Crippen LogP contribution in [-0.4, -0.2) is 127 Å². The molecule has 0 saturated carbocycles. The number of hydrogen-bond acceptors (Lipinski definition) is 27. The molecule has 0 atom stereocenters. The third-order valence-electron chi connectivity index (χ3n) is 21.5. The van der Waals surface area contributed by atoms with Crippen LogP contribution in [0.3, 0.4) is 0 Å². The lowest BCUT2D eigenvalue weighted by Crippen LogP contribution is -2.29. The molecule has 0 radical (unpaired) electrons. The first-order valence-electron chi connectivity index (χ1n) is 38.2. The summed E-state index contributed by atoms with van der Waals surface area (Å²) in [5.74, 6) is -3.13. The van der Waals surface area contributed by atoms with Crippen LogP contribution in [-0.2, 0) is 61.0 Å². The zero-order chi connectivity index (χ0) is 88.2. The number of anilines is 12. The topological polar surface area (TPSA) is 491 Å². The summed E-state index contributed by atoms with van der Waals surface area (Å²) in [7, 11) is -16.7. The first-order valence-corrected chi connectivity index (χ1v) is 44.0. The molecule has 0 unspecified atom stereocenters. The van der Waals surface area contributed by atoms with Crippen molar-refractivity contribution in [1.82, 2.24) is 39.0 Å². The van der Waals surface area contributed by atoms with Crippen LogP contribution in [0, 0.1) is 0 Å². The second-order valence-corrected chi connectivity index (χ2v) is 35.0. The number of fused-ring (bicyclic) bond motifs is 6. The summed E-state index contributed by atoms with van der Waals surface area (Å²) < 4.78 is 147. The predicted molar refractivity (Wildman–Crippen MR) is 472 cm³/mol. The van der Waals surface area contributed by atoms with Gasteiger partial charge in [-0.25, -0.2) is 0 Å². The largest absolute Gasteiger partial charge is 0.355 e. The van der Waals surface area contributed by atoms with Crippen molar-refractivity contribution in [2.24, 2.45) is 14.1 Å². The lowest BCUT2D eigenvalue weighted by molar-refractivity contribution is 0.102. The van der Waals surface area contributed by atoms with Gasteiger partial charge in [-0.3, -0.25) is 47.0 Å². The molecule has 33 nitrogen and oxygen atoms in total. The van der Waals surface area contributed by atoms with E-state index in [0.717, 1.165) is 33.5 Å². The lowest BCUT2D eigenvalue weighted by atomic mass is 9.80. The van der Waals surface area contributed by atoms with Crippen molar-refractivity contribution in [2.45, 2.75) is 26.0 Å². The zero-order valence-corrected chi connectivity index (χ0v) is 68.7. The average Bonchev–Trinajstić information content (AvgIpc) is 0.708. The van der Waals surface area contributed by atoms with E-state index in [9.17, 15) is 75.9 Å². The Bertz CT molecular complexity index is 8120. The smallest absolute Gasteiger partial charge is 0.296 e. The van der Waals surface area contributed by atoms with Crippen LogP contribution < -0.4 is 48.3 Å². The van der Waals surface area contributed by atoms with Gasteiger partial charge in [0.1, 0.15) is 10.7 Å². The fourth-order valence-corrected chi connectivity index (χ4v) is 18.1. The molecular weight excluding hydrogens is 1700 g/mol. The van der Waals surface area contributed by atoms with Crippen LogP contribution >= 0.6 is 0 Å². The van der Waals surface area contributed by atoms with Gasteiger partial charge in [-0.05, 0) is 147 Å². The number of carbonyl (C=O) groups is 4. The normalized spacial score (nSPS) is 12.4. The number of rotatable bonds is 25. The first kappa shape index (κ1) is 81.5. The highest BCUT2D eigenvalue weighted by atomic mass is 32.2. The molecule has 2 aliphatic carbocycles. The Morgan fingerprint density at radius 1 is 0.341 bits per heavy atom. The summed E-state index contributed by atoms with van der Waals surface area (Å²) in [6, 6.07) is 61.0. The van der Waals surface area contributed by atoms with Gasteiger partial charge in [0.25, 0.3) is 51.6 Å². The third kappa shape index (κ3) is 15.4. The zero-order valence-electron chi connectivity index (χ0n) is 65.4. The second-order valence-electron chi connectivity index (χ2n) is 29.4. The number of benzene rings is 12. The maximum atomic E-state index is 15.1. The molecule has 0 bridgehead atoms. The summed E-state index contributed by atoms with van der Waals surface area (Å²) >= 11 is 0. The highest BCUT2D eigenvalue weighted by Crippen LogP contribution is 2.48. The molecule has 18 rings (SSSR count). The van der Waals surface area contributed by atoms with Crippen LogP contribution in [0.5, 0.6) is 0 Å². The number of ketones is 4. The van der Waals surface area contributed by atoms with E-state index < -0.39 is 95.0 Å². The number of aryl methyl sites for hydroxylation is 2. The van der Waals surface area contributed by atoms with Gasteiger partial charge < -0.3 is 46.4 Å². The predicted octanol–water partition coefficient (Wildman–Crippen LogP) is 13.8. The Morgan fingerprint density at radius 2 is 0.762 bits per heavy atom. The molecule has 626 valence electrons. The van der Waals surface area contributed by atoms with Gasteiger partial charge in [0.05, 0.1) is 65.0 Å². The van der Waals surface area contributed by atoms with Gasteiger partial charge in [-0.15, -0.1) is 0 Å². The highest BCUT2D eigenvalue weighted by Gasteiger charge is 2.38. The van der Waals surface area contributed by atoms with Crippen molar-refractivity contribution in [2.75, 3.05) is 50.3 Å². The summed E-state index contributed by atoms with van der Waals surface area (Å²) in [4.78, 5) is 114. The fraction of sp³-hybridized carbons (Fsp3) is 0.0562. The van der Waals surface area contributed by atoms with Gasteiger partial charge in [-0.1, -0.05) is 133 Å². The van der Waals surface area contributed by atoms with Crippen LogP contribution in [0.4, 0.5) is 69.6 Å².